The maximum absolute atomic E-state index is 12.6. The fourth-order valence-electron chi connectivity index (χ4n) is 3.38. The summed E-state index contributed by atoms with van der Waals surface area (Å²) >= 11 is 0. The van der Waals surface area contributed by atoms with Gasteiger partial charge in [-0.2, -0.15) is 5.26 Å². The number of amides is 1. The number of nitrogens with zero attached hydrogens (tertiary/aromatic N) is 2. The Kier molecular flexibility index (Phi) is 5.21. The van der Waals surface area contributed by atoms with Crippen molar-refractivity contribution >= 4 is 5.91 Å². The first kappa shape index (κ1) is 16.6. The monoisotopic (exact) mass is 329 g/mol. The summed E-state index contributed by atoms with van der Waals surface area (Å²) in [5, 5.41) is 12.5. The van der Waals surface area contributed by atoms with Gasteiger partial charge >= 0.3 is 0 Å². The van der Waals surface area contributed by atoms with Crippen LogP contribution in [-0.4, -0.2) is 49.2 Å². The van der Waals surface area contributed by atoms with Crippen LogP contribution in [0.15, 0.2) is 24.3 Å². The molecular formula is C18H23N3O3. The van der Waals surface area contributed by atoms with Gasteiger partial charge in [0.05, 0.1) is 19.2 Å². The van der Waals surface area contributed by atoms with Crippen LogP contribution in [0.3, 0.4) is 0 Å². The Hall–Kier alpha value is -2.26. The lowest BCUT2D eigenvalue weighted by Crippen LogP contribution is -2.47. The van der Waals surface area contributed by atoms with Gasteiger partial charge in [-0.05, 0) is 49.9 Å². The Morgan fingerprint density at radius 2 is 2.04 bits per heavy atom. The van der Waals surface area contributed by atoms with Crippen molar-refractivity contribution in [3.8, 4) is 17.6 Å². The molecule has 0 unspecified atom stereocenters. The molecule has 1 aromatic rings. The summed E-state index contributed by atoms with van der Waals surface area (Å²) in [5.74, 6) is 1.65. The number of ether oxygens (including phenoxy) is 2. The van der Waals surface area contributed by atoms with E-state index in [-0.39, 0.29) is 24.0 Å². The van der Waals surface area contributed by atoms with E-state index < -0.39 is 0 Å². The molecule has 2 aliphatic rings. The number of hydrogen-bond acceptors (Lipinski definition) is 5. The van der Waals surface area contributed by atoms with Crippen molar-refractivity contribution in [2.24, 2.45) is 0 Å². The number of methoxy groups -OCH3 is 1. The molecule has 2 heterocycles. The second kappa shape index (κ2) is 7.54. The van der Waals surface area contributed by atoms with Crippen LogP contribution in [0.2, 0.25) is 0 Å². The number of likely N-dealkylation sites (tertiary alicyclic amines) is 1. The highest BCUT2D eigenvalue weighted by molar-refractivity contribution is 5.83. The van der Waals surface area contributed by atoms with E-state index in [2.05, 4.69) is 11.4 Å². The molecule has 3 rings (SSSR count). The van der Waals surface area contributed by atoms with Crippen molar-refractivity contribution in [2.75, 3.05) is 20.3 Å². The molecule has 2 fully saturated rings. The second-order valence-corrected chi connectivity index (χ2v) is 6.30. The van der Waals surface area contributed by atoms with E-state index in [0.717, 1.165) is 37.2 Å². The summed E-state index contributed by atoms with van der Waals surface area (Å²) in [6.45, 7) is 1.22. The predicted octanol–water partition coefficient (Wildman–Crippen LogP) is 1.71. The van der Waals surface area contributed by atoms with E-state index in [4.69, 9.17) is 14.7 Å². The largest absolute Gasteiger partial charge is 0.497 e. The van der Waals surface area contributed by atoms with Gasteiger partial charge in [-0.25, -0.2) is 0 Å². The molecule has 24 heavy (non-hydrogen) atoms. The maximum Gasteiger partial charge on any atom is 0.240 e. The van der Waals surface area contributed by atoms with E-state index in [9.17, 15) is 4.79 Å². The molecule has 3 atom stereocenters. The van der Waals surface area contributed by atoms with Crippen molar-refractivity contribution in [2.45, 2.75) is 43.8 Å². The fraction of sp³-hybridized carbons (Fsp3) is 0.556. The molecule has 128 valence electrons. The third-order valence-corrected chi connectivity index (χ3v) is 4.73. The molecule has 0 radical (unpaired) electrons. The lowest BCUT2D eigenvalue weighted by atomic mass is 10.1. The minimum absolute atomic E-state index is 0.0611. The predicted molar refractivity (Wildman–Crippen MR) is 88.8 cm³/mol. The Balaban J connectivity index is 1.48. The molecule has 1 aromatic carbocycles. The van der Waals surface area contributed by atoms with Gasteiger partial charge in [0.15, 0.2) is 0 Å². The van der Waals surface area contributed by atoms with Crippen molar-refractivity contribution in [3.05, 3.63) is 24.3 Å². The lowest BCUT2D eigenvalue weighted by molar-refractivity contribution is -0.133. The average molecular weight is 329 g/mol. The first-order valence-corrected chi connectivity index (χ1v) is 8.44. The van der Waals surface area contributed by atoms with Crippen molar-refractivity contribution < 1.29 is 14.3 Å². The van der Waals surface area contributed by atoms with Crippen LogP contribution in [0.5, 0.6) is 11.5 Å². The van der Waals surface area contributed by atoms with Crippen LogP contribution in [0, 0.1) is 11.3 Å². The van der Waals surface area contributed by atoms with Gasteiger partial charge in [0.25, 0.3) is 0 Å². The first-order valence-electron chi connectivity index (χ1n) is 8.44. The van der Waals surface area contributed by atoms with Crippen LogP contribution in [0.4, 0.5) is 0 Å². The molecule has 6 heteroatoms. The molecule has 1 N–H and O–H groups in total. The molecule has 2 aliphatic heterocycles. The summed E-state index contributed by atoms with van der Waals surface area (Å²) in [4.78, 5) is 14.3. The number of nitriles is 1. The molecule has 0 aliphatic carbocycles. The number of nitrogens with one attached hydrogen (secondary N) is 1. The van der Waals surface area contributed by atoms with Crippen molar-refractivity contribution in [1.82, 2.24) is 10.2 Å². The van der Waals surface area contributed by atoms with E-state index in [1.54, 1.807) is 12.0 Å². The number of rotatable bonds is 5. The zero-order valence-corrected chi connectivity index (χ0v) is 13.9. The highest BCUT2D eigenvalue weighted by Gasteiger charge is 2.36. The second-order valence-electron chi connectivity index (χ2n) is 6.30. The molecular weight excluding hydrogens is 306 g/mol. The summed E-state index contributed by atoms with van der Waals surface area (Å²) in [5.41, 5.74) is 0. The van der Waals surface area contributed by atoms with Crippen molar-refractivity contribution in [3.63, 3.8) is 0 Å². The van der Waals surface area contributed by atoms with Gasteiger partial charge in [-0.3, -0.25) is 10.1 Å². The molecule has 2 saturated heterocycles. The molecule has 0 spiro atoms. The number of benzene rings is 1. The summed E-state index contributed by atoms with van der Waals surface area (Å²) < 4.78 is 10.9. The SMILES string of the molecule is COc1ccc(OC[C@H]2CC[C@@H](C(=O)N3CCC[C@H]3C#N)N2)cc1. The molecule has 0 saturated carbocycles. The quantitative estimate of drug-likeness (QED) is 0.890. The van der Waals surface area contributed by atoms with Gasteiger partial charge in [-0.15, -0.1) is 0 Å². The smallest absolute Gasteiger partial charge is 0.240 e. The minimum atomic E-state index is -0.256. The van der Waals surface area contributed by atoms with Gasteiger partial charge in [-0.1, -0.05) is 0 Å². The van der Waals surface area contributed by atoms with Gasteiger partial charge < -0.3 is 14.4 Å². The molecule has 1 amide bonds. The zero-order chi connectivity index (χ0) is 16.9. The summed E-state index contributed by atoms with van der Waals surface area (Å²) in [6.07, 6.45) is 3.40. The van der Waals surface area contributed by atoms with Crippen LogP contribution < -0.4 is 14.8 Å². The van der Waals surface area contributed by atoms with Gasteiger partial charge in [0, 0.05) is 12.6 Å². The Bertz CT molecular complexity index is 611. The number of carbonyl (C=O) groups excluding carboxylic acids is 1. The average Bonchev–Trinajstić information content (AvgIpc) is 3.29. The first-order chi connectivity index (χ1) is 11.7. The van der Waals surface area contributed by atoms with E-state index in [1.807, 2.05) is 24.3 Å². The maximum atomic E-state index is 12.6. The summed E-state index contributed by atoms with van der Waals surface area (Å²) in [6, 6.07) is 9.40. The Morgan fingerprint density at radius 3 is 2.75 bits per heavy atom. The van der Waals surface area contributed by atoms with Crippen LogP contribution in [0.1, 0.15) is 25.7 Å². The number of hydrogen-bond donors (Lipinski definition) is 1. The number of carbonyl (C=O) groups is 1. The Morgan fingerprint density at radius 1 is 1.29 bits per heavy atom. The third kappa shape index (κ3) is 3.62. The van der Waals surface area contributed by atoms with Gasteiger partial charge in [0.2, 0.25) is 5.91 Å². The lowest BCUT2D eigenvalue weighted by Gasteiger charge is -2.24. The molecule has 0 aromatic heterocycles. The zero-order valence-electron chi connectivity index (χ0n) is 13.9. The highest BCUT2D eigenvalue weighted by Crippen LogP contribution is 2.22. The normalized spacial score (nSPS) is 26.2. The van der Waals surface area contributed by atoms with E-state index >= 15 is 0 Å². The summed E-state index contributed by atoms with van der Waals surface area (Å²) in [7, 11) is 1.63. The van der Waals surface area contributed by atoms with Crippen molar-refractivity contribution in [1.29, 1.82) is 5.26 Å². The standard InChI is InChI=1S/C18H23N3O3/c1-23-15-5-7-16(8-6-15)24-12-13-4-9-17(20-13)18(22)21-10-2-3-14(21)11-19/h5-8,13-14,17,20H,2-4,9-10,12H2,1H3/t13-,14+,17+/m1/s1. The minimum Gasteiger partial charge on any atom is -0.497 e. The highest BCUT2D eigenvalue weighted by atomic mass is 16.5. The van der Waals surface area contributed by atoms with Gasteiger partial charge in [0.1, 0.15) is 24.1 Å². The van der Waals surface area contributed by atoms with Crippen LogP contribution >= 0.6 is 0 Å². The van der Waals surface area contributed by atoms with Crippen LogP contribution in [0.25, 0.3) is 0 Å². The van der Waals surface area contributed by atoms with E-state index in [1.165, 1.54) is 0 Å². The molecule has 6 nitrogen and oxygen atoms in total. The fourth-order valence-corrected chi connectivity index (χ4v) is 3.38. The molecule has 0 bridgehead atoms. The topological polar surface area (TPSA) is 74.6 Å². The Labute approximate surface area is 142 Å². The third-order valence-electron chi connectivity index (χ3n) is 4.73. The van der Waals surface area contributed by atoms with Crippen LogP contribution in [-0.2, 0) is 4.79 Å². The van der Waals surface area contributed by atoms with E-state index in [0.29, 0.717) is 13.2 Å².